The van der Waals surface area contributed by atoms with Crippen LogP contribution in [0.4, 0.5) is 0 Å². The molecule has 0 saturated carbocycles. The highest BCUT2D eigenvalue weighted by Crippen LogP contribution is 2.06. The molecule has 1 aromatic carbocycles. The molecule has 0 saturated heterocycles. The standard InChI is InChI=1S/C12H18N2O2/c1-13-7-8-14(2)9-10-3-5-11(6-4-10)12(15)16/h3-6,13H,7-9H2,1-2H3,(H,15,16). The van der Waals surface area contributed by atoms with E-state index in [0.29, 0.717) is 5.56 Å². The van der Waals surface area contributed by atoms with Crippen molar-refractivity contribution in [3.63, 3.8) is 0 Å². The summed E-state index contributed by atoms with van der Waals surface area (Å²) in [5, 5.41) is 11.8. The molecule has 0 radical (unpaired) electrons. The van der Waals surface area contributed by atoms with Crippen molar-refractivity contribution in [2.75, 3.05) is 27.2 Å². The summed E-state index contributed by atoms with van der Waals surface area (Å²) in [6.45, 7) is 2.75. The third-order valence-corrected chi connectivity index (χ3v) is 2.40. The summed E-state index contributed by atoms with van der Waals surface area (Å²) in [7, 11) is 3.97. The van der Waals surface area contributed by atoms with Gasteiger partial charge in [0, 0.05) is 19.6 Å². The zero-order valence-corrected chi connectivity index (χ0v) is 9.73. The lowest BCUT2D eigenvalue weighted by Crippen LogP contribution is -2.26. The highest BCUT2D eigenvalue weighted by Gasteiger charge is 2.03. The molecule has 1 rings (SSSR count). The normalized spacial score (nSPS) is 10.7. The molecule has 0 amide bonds. The zero-order chi connectivity index (χ0) is 12.0. The van der Waals surface area contributed by atoms with Gasteiger partial charge in [0.25, 0.3) is 0 Å². The van der Waals surface area contributed by atoms with Gasteiger partial charge in [-0.2, -0.15) is 0 Å². The largest absolute Gasteiger partial charge is 0.478 e. The fraction of sp³-hybridized carbons (Fsp3) is 0.417. The Labute approximate surface area is 95.9 Å². The number of carboxylic acids is 1. The van der Waals surface area contributed by atoms with E-state index in [1.54, 1.807) is 12.1 Å². The van der Waals surface area contributed by atoms with Crippen molar-refractivity contribution < 1.29 is 9.90 Å². The van der Waals surface area contributed by atoms with Gasteiger partial charge in [0.15, 0.2) is 0 Å². The number of rotatable bonds is 6. The molecule has 16 heavy (non-hydrogen) atoms. The Hall–Kier alpha value is -1.39. The third kappa shape index (κ3) is 4.00. The molecule has 4 heteroatoms. The first-order valence-corrected chi connectivity index (χ1v) is 5.29. The van der Waals surface area contributed by atoms with E-state index in [4.69, 9.17) is 5.11 Å². The zero-order valence-electron chi connectivity index (χ0n) is 9.73. The first-order valence-electron chi connectivity index (χ1n) is 5.29. The molecule has 0 spiro atoms. The Kier molecular flexibility index (Phi) is 4.95. The molecule has 4 nitrogen and oxygen atoms in total. The minimum absolute atomic E-state index is 0.335. The molecule has 1 aromatic rings. The number of nitrogens with one attached hydrogen (secondary N) is 1. The topological polar surface area (TPSA) is 52.6 Å². The van der Waals surface area contributed by atoms with E-state index in [1.165, 1.54) is 0 Å². The highest BCUT2D eigenvalue weighted by molar-refractivity contribution is 5.87. The number of hydrogen-bond acceptors (Lipinski definition) is 3. The van der Waals surface area contributed by atoms with Crippen molar-refractivity contribution in [3.8, 4) is 0 Å². The molecular weight excluding hydrogens is 204 g/mol. The van der Waals surface area contributed by atoms with Gasteiger partial charge in [-0.05, 0) is 31.8 Å². The van der Waals surface area contributed by atoms with Crippen LogP contribution in [0.5, 0.6) is 0 Å². The number of nitrogens with zero attached hydrogens (tertiary/aromatic N) is 1. The summed E-state index contributed by atoms with van der Waals surface area (Å²) < 4.78 is 0. The van der Waals surface area contributed by atoms with Gasteiger partial charge in [-0.3, -0.25) is 0 Å². The van der Waals surface area contributed by atoms with Gasteiger partial charge in [-0.25, -0.2) is 4.79 Å². The van der Waals surface area contributed by atoms with E-state index in [-0.39, 0.29) is 0 Å². The average Bonchev–Trinajstić information content (AvgIpc) is 2.27. The molecule has 0 unspecified atom stereocenters. The van der Waals surface area contributed by atoms with Crippen molar-refractivity contribution >= 4 is 5.97 Å². The van der Waals surface area contributed by atoms with Crippen LogP contribution in [0.1, 0.15) is 15.9 Å². The predicted octanol–water partition coefficient (Wildman–Crippen LogP) is 1.04. The van der Waals surface area contributed by atoms with Crippen molar-refractivity contribution in [1.82, 2.24) is 10.2 Å². The van der Waals surface area contributed by atoms with Crippen LogP contribution in [0.3, 0.4) is 0 Å². The molecule has 88 valence electrons. The van der Waals surface area contributed by atoms with Crippen molar-refractivity contribution in [2.45, 2.75) is 6.54 Å². The Bertz CT molecular complexity index is 335. The Morgan fingerprint density at radius 3 is 2.50 bits per heavy atom. The fourth-order valence-electron chi connectivity index (χ4n) is 1.45. The number of aromatic carboxylic acids is 1. The summed E-state index contributed by atoms with van der Waals surface area (Å²) in [6.07, 6.45) is 0. The maximum absolute atomic E-state index is 10.7. The molecule has 0 aliphatic carbocycles. The van der Waals surface area contributed by atoms with Crippen molar-refractivity contribution in [3.05, 3.63) is 35.4 Å². The molecule has 2 N–H and O–H groups in total. The second-order valence-electron chi connectivity index (χ2n) is 3.84. The van der Waals surface area contributed by atoms with Gasteiger partial charge >= 0.3 is 5.97 Å². The summed E-state index contributed by atoms with van der Waals surface area (Å²) >= 11 is 0. The summed E-state index contributed by atoms with van der Waals surface area (Å²) in [5.74, 6) is -0.880. The maximum atomic E-state index is 10.7. The Morgan fingerprint density at radius 1 is 1.38 bits per heavy atom. The molecule has 0 atom stereocenters. The molecule has 0 aromatic heterocycles. The lowest BCUT2D eigenvalue weighted by Gasteiger charge is -2.16. The van der Waals surface area contributed by atoms with Gasteiger partial charge in [0.1, 0.15) is 0 Å². The third-order valence-electron chi connectivity index (χ3n) is 2.40. The smallest absolute Gasteiger partial charge is 0.335 e. The highest BCUT2D eigenvalue weighted by atomic mass is 16.4. The van der Waals surface area contributed by atoms with E-state index < -0.39 is 5.97 Å². The Morgan fingerprint density at radius 2 is 2.00 bits per heavy atom. The van der Waals surface area contributed by atoms with Crippen molar-refractivity contribution in [2.24, 2.45) is 0 Å². The monoisotopic (exact) mass is 222 g/mol. The lowest BCUT2D eigenvalue weighted by atomic mass is 10.1. The van der Waals surface area contributed by atoms with Crippen LogP contribution in [-0.2, 0) is 6.54 Å². The molecular formula is C12H18N2O2. The van der Waals surface area contributed by atoms with Crippen LogP contribution in [0.2, 0.25) is 0 Å². The second-order valence-corrected chi connectivity index (χ2v) is 3.84. The van der Waals surface area contributed by atoms with Gasteiger partial charge in [-0.1, -0.05) is 12.1 Å². The van der Waals surface area contributed by atoms with Gasteiger partial charge in [0.2, 0.25) is 0 Å². The minimum atomic E-state index is -0.880. The summed E-state index contributed by atoms with van der Waals surface area (Å²) in [6, 6.07) is 7.01. The lowest BCUT2D eigenvalue weighted by molar-refractivity contribution is 0.0697. The SMILES string of the molecule is CNCCN(C)Cc1ccc(C(=O)O)cc1. The van der Waals surface area contributed by atoms with E-state index in [0.717, 1.165) is 25.2 Å². The number of hydrogen-bond donors (Lipinski definition) is 2. The van der Waals surface area contributed by atoms with Crippen LogP contribution in [0, 0.1) is 0 Å². The van der Waals surface area contributed by atoms with Crippen LogP contribution in [0.25, 0.3) is 0 Å². The second kappa shape index (κ2) is 6.25. The first-order chi connectivity index (χ1) is 7.63. The summed E-state index contributed by atoms with van der Waals surface area (Å²) in [4.78, 5) is 12.8. The molecule has 0 aliphatic heterocycles. The fourth-order valence-corrected chi connectivity index (χ4v) is 1.45. The van der Waals surface area contributed by atoms with E-state index in [9.17, 15) is 4.79 Å². The van der Waals surface area contributed by atoms with Gasteiger partial charge < -0.3 is 15.3 Å². The van der Waals surface area contributed by atoms with Crippen molar-refractivity contribution in [1.29, 1.82) is 0 Å². The number of carbonyl (C=O) groups is 1. The van der Waals surface area contributed by atoms with E-state index in [2.05, 4.69) is 10.2 Å². The summed E-state index contributed by atoms with van der Waals surface area (Å²) in [5.41, 5.74) is 1.46. The number of carboxylic acid groups (broad SMARTS) is 1. The number of likely N-dealkylation sites (N-methyl/N-ethyl adjacent to an activating group) is 2. The quantitative estimate of drug-likeness (QED) is 0.755. The number of benzene rings is 1. The Balaban J connectivity index is 2.51. The molecule has 0 fully saturated rings. The predicted molar refractivity (Wildman–Crippen MR) is 63.7 cm³/mol. The van der Waals surface area contributed by atoms with Gasteiger partial charge in [0.05, 0.1) is 5.56 Å². The van der Waals surface area contributed by atoms with Crippen LogP contribution < -0.4 is 5.32 Å². The van der Waals surface area contributed by atoms with Gasteiger partial charge in [-0.15, -0.1) is 0 Å². The first kappa shape index (κ1) is 12.7. The maximum Gasteiger partial charge on any atom is 0.335 e. The van der Waals surface area contributed by atoms with Crippen LogP contribution in [0.15, 0.2) is 24.3 Å². The minimum Gasteiger partial charge on any atom is -0.478 e. The van der Waals surface area contributed by atoms with Crippen LogP contribution >= 0.6 is 0 Å². The van der Waals surface area contributed by atoms with Crippen LogP contribution in [-0.4, -0.2) is 43.2 Å². The van der Waals surface area contributed by atoms with E-state index in [1.807, 2.05) is 26.2 Å². The molecule has 0 heterocycles. The molecule has 0 aliphatic rings. The molecule has 0 bridgehead atoms. The average molecular weight is 222 g/mol. The van der Waals surface area contributed by atoms with E-state index >= 15 is 0 Å².